The Labute approximate surface area is 84.0 Å². The molecular formula is C9H7F2N3O. The Bertz CT molecular complexity index is 445. The number of nitrogens with zero attached hydrogens (tertiary/aromatic N) is 1. The lowest BCUT2D eigenvalue weighted by Gasteiger charge is -2.14. The highest BCUT2D eigenvalue weighted by Crippen LogP contribution is 2.09. The molecule has 0 bridgehead atoms. The minimum Gasteiger partial charge on any atom is -0.359 e. The van der Waals surface area contributed by atoms with Crippen LogP contribution in [0.4, 0.5) is 8.78 Å². The molecule has 15 heavy (non-hydrogen) atoms. The summed E-state index contributed by atoms with van der Waals surface area (Å²) >= 11 is 0. The van der Waals surface area contributed by atoms with Gasteiger partial charge in [-0.1, -0.05) is 0 Å². The highest BCUT2D eigenvalue weighted by molar-refractivity contribution is 6.02. The van der Waals surface area contributed by atoms with Crippen LogP contribution in [0.15, 0.2) is 23.3 Å². The van der Waals surface area contributed by atoms with Crippen LogP contribution in [0.25, 0.3) is 0 Å². The van der Waals surface area contributed by atoms with E-state index in [1.807, 2.05) is 0 Å². The molecule has 0 fully saturated rings. The Morgan fingerprint density at radius 3 is 2.67 bits per heavy atom. The summed E-state index contributed by atoms with van der Waals surface area (Å²) in [4.78, 5) is 10.7. The van der Waals surface area contributed by atoms with Crippen molar-refractivity contribution >= 4 is 11.7 Å². The highest BCUT2D eigenvalue weighted by Gasteiger charge is 2.13. The third kappa shape index (κ3) is 1.93. The number of amidine groups is 1. The Morgan fingerprint density at radius 1 is 1.27 bits per heavy atom. The number of carbonyl (C=O) groups excluding carboxylic acids is 1. The van der Waals surface area contributed by atoms with Crippen molar-refractivity contribution in [1.82, 2.24) is 10.7 Å². The van der Waals surface area contributed by atoms with E-state index in [0.29, 0.717) is 11.4 Å². The van der Waals surface area contributed by atoms with Gasteiger partial charge in [0.05, 0.1) is 6.54 Å². The van der Waals surface area contributed by atoms with Crippen LogP contribution >= 0.6 is 0 Å². The number of nitrogens with one attached hydrogen (secondary N) is 2. The lowest BCUT2D eigenvalue weighted by molar-refractivity contribution is -0.120. The largest absolute Gasteiger partial charge is 0.359 e. The van der Waals surface area contributed by atoms with Gasteiger partial charge in [0.25, 0.3) is 5.91 Å². The van der Waals surface area contributed by atoms with Crippen molar-refractivity contribution < 1.29 is 13.6 Å². The van der Waals surface area contributed by atoms with Crippen molar-refractivity contribution in [1.29, 1.82) is 0 Å². The molecule has 1 aromatic carbocycles. The van der Waals surface area contributed by atoms with E-state index in [4.69, 9.17) is 0 Å². The van der Waals surface area contributed by atoms with Crippen molar-refractivity contribution in [3.63, 3.8) is 0 Å². The normalized spacial score (nSPS) is 15.3. The summed E-state index contributed by atoms with van der Waals surface area (Å²) in [6.07, 6.45) is 0. The average Bonchev–Trinajstić information content (AvgIpc) is 2.23. The second-order valence-corrected chi connectivity index (χ2v) is 2.98. The van der Waals surface area contributed by atoms with Gasteiger partial charge in [-0.25, -0.2) is 14.2 Å². The smallest absolute Gasteiger partial charge is 0.259 e. The van der Waals surface area contributed by atoms with Gasteiger partial charge in [-0.3, -0.25) is 4.79 Å². The summed E-state index contributed by atoms with van der Waals surface area (Å²) in [5, 5.41) is 6.35. The first-order valence-electron chi connectivity index (χ1n) is 4.22. The fourth-order valence-electron chi connectivity index (χ4n) is 1.17. The summed E-state index contributed by atoms with van der Waals surface area (Å²) < 4.78 is 25.5. The quantitative estimate of drug-likeness (QED) is 0.704. The number of benzene rings is 1. The van der Waals surface area contributed by atoms with Gasteiger partial charge in [-0.15, -0.1) is 0 Å². The summed E-state index contributed by atoms with van der Waals surface area (Å²) in [5.74, 6) is -1.83. The minimum absolute atomic E-state index is 0.0673. The van der Waals surface area contributed by atoms with Gasteiger partial charge >= 0.3 is 0 Å². The van der Waals surface area contributed by atoms with Crippen LogP contribution < -0.4 is 10.7 Å². The van der Waals surface area contributed by atoms with Crippen LogP contribution in [0, 0.1) is 11.6 Å². The van der Waals surface area contributed by atoms with Crippen LogP contribution in [-0.4, -0.2) is 18.3 Å². The van der Waals surface area contributed by atoms with Crippen LogP contribution in [0.2, 0.25) is 0 Å². The molecule has 0 atom stereocenters. The van der Waals surface area contributed by atoms with Crippen molar-refractivity contribution in [2.45, 2.75) is 0 Å². The number of hydrogen-bond donors (Lipinski definition) is 2. The minimum atomic E-state index is -0.950. The van der Waals surface area contributed by atoms with E-state index in [2.05, 4.69) is 15.8 Å². The van der Waals surface area contributed by atoms with Crippen LogP contribution in [0.3, 0.4) is 0 Å². The zero-order valence-electron chi connectivity index (χ0n) is 7.55. The predicted molar refractivity (Wildman–Crippen MR) is 49.0 cm³/mol. The maximum absolute atomic E-state index is 12.9. The van der Waals surface area contributed by atoms with Crippen LogP contribution in [0.1, 0.15) is 5.56 Å². The monoisotopic (exact) mass is 211 g/mol. The summed E-state index contributed by atoms with van der Waals surface area (Å²) in [6.45, 7) is 0.0673. The van der Waals surface area contributed by atoms with Crippen molar-refractivity contribution in [3.05, 3.63) is 35.4 Å². The highest BCUT2D eigenvalue weighted by atomic mass is 19.2. The molecule has 0 saturated heterocycles. The van der Waals surface area contributed by atoms with Gasteiger partial charge < -0.3 is 5.32 Å². The van der Waals surface area contributed by atoms with Gasteiger partial charge in [-0.05, 0) is 18.2 Å². The summed E-state index contributed by atoms with van der Waals surface area (Å²) in [6, 6.07) is 3.39. The maximum atomic E-state index is 12.9. The van der Waals surface area contributed by atoms with Crippen molar-refractivity contribution in [2.75, 3.05) is 6.54 Å². The standard InChI is InChI=1S/C9H7F2N3O/c10-6-2-1-5(3-7(6)11)9-12-4-8(15)13-14-9/h1-3H,4H2,(H,12,14)(H,13,15). The number of amides is 1. The molecule has 6 heteroatoms. The molecule has 0 radical (unpaired) electrons. The third-order valence-electron chi connectivity index (χ3n) is 1.90. The van der Waals surface area contributed by atoms with Gasteiger partial charge in [0.15, 0.2) is 17.5 Å². The molecule has 1 amide bonds. The molecule has 0 spiro atoms. The average molecular weight is 211 g/mol. The number of rotatable bonds is 1. The van der Waals surface area contributed by atoms with Gasteiger partial charge in [0.2, 0.25) is 0 Å². The Kier molecular flexibility index (Phi) is 2.32. The molecule has 2 N–H and O–H groups in total. The molecular weight excluding hydrogens is 204 g/mol. The molecule has 1 aliphatic rings. The first kappa shape index (κ1) is 9.57. The maximum Gasteiger partial charge on any atom is 0.259 e. The second-order valence-electron chi connectivity index (χ2n) is 2.98. The number of hydrogen-bond acceptors (Lipinski definition) is 3. The third-order valence-corrected chi connectivity index (χ3v) is 1.90. The van der Waals surface area contributed by atoms with E-state index < -0.39 is 11.6 Å². The van der Waals surface area contributed by atoms with Crippen LogP contribution in [-0.2, 0) is 4.79 Å². The number of hydrazone groups is 1. The van der Waals surface area contributed by atoms with Crippen LogP contribution in [0.5, 0.6) is 0 Å². The first-order valence-corrected chi connectivity index (χ1v) is 4.22. The lowest BCUT2D eigenvalue weighted by Crippen LogP contribution is -2.42. The molecule has 0 aliphatic carbocycles. The predicted octanol–water partition coefficient (Wildman–Crippen LogP) is 0.346. The molecule has 78 valence electrons. The number of carbonyl (C=O) groups is 1. The molecule has 0 aromatic heterocycles. The zero-order chi connectivity index (χ0) is 10.8. The Hall–Kier alpha value is -1.98. The molecule has 2 rings (SSSR count). The number of halogens is 2. The molecule has 0 unspecified atom stereocenters. The van der Waals surface area contributed by atoms with E-state index in [0.717, 1.165) is 12.1 Å². The fourth-order valence-corrected chi connectivity index (χ4v) is 1.17. The van der Waals surface area contributed by atoms with E-state index in [-0.39, 0.29) is 12.5 Å². The van der Waals surface area contributed by atoms with Crippen molar-refractivity contribution in [2.24, 2.45) is 5.10 Å². The lowest BCUT2D eigenvalue weighted by atomic mass is 10.2. The van der Waals surface area contributed by atoms with Gasteiger partial charge in [0, 0.05) is 5.56 Å². The summed E-state index contributed by atoms with van der Waals surface area (Å²) in [5.41, 5.74) is 2.62. The van der Waals surface area contributed by atoms with E-state index in [9.17, 15) is 13.6 Å². The molecule has 1 aliphatic heterocycles. The van der Waals surface area contributed by atoms with Gasteiger partial charge in [-0.2, -0.15) is 5.10 Å². The Morgan fingerprint density at radius 2 is 2.07 bits per heavy atom. The van der Waals surface area contributed by atoms with Gasteiger partial charge in [0.1, 0.15) is 0 Å². The molecule has 1 heterocycles. The fraction of sp³-hybridized carbons (Fsp3) is 0.111. The first-order chi connectivity index (χ1) is 7.16. The van der Waals surface area contributed by atoms with E-state index in [1.165, 1.54) is 6.07 Å². The molecule has 1 aromatic rings. The van der Waals surface area contributed by atoms with E-state index >= 15 is 0 Å². The topological polar surface area (TPSA) is 53.5 Å². The van der Waals surface area contributed by atoms with Crippen molar-refractivity contribution in [3.8, 4) is 0 Å². The van der Waals surface area contributed by atoms with E-state index in [1.54, 1.807) is 0 Å². The summed E-state index contributed by atoms with van der Waals surface area (Å²) in [7, 11) is 0. The second kappa shape index (κ2) is 3.64. The molecule has 0 saturated carbocycles. The molecule has 4 nitrogen and oxygen atoms in total. The Balaban J connectivity index is 2.30. The SMILES string of the molecule is O=C1CNC(c2ccc(F)c(F)c2)=NN1. The zero-order valence-corrected chi connectivity index (χ0v) is 7.55.